The summed E-state index contributed by atoms with van der Waals surface area (Å²) in [6.07, 6.45) is 4.05. The van der Waals surface area contributed by atoms with Crippen molar-refractivity contribution in [2.45, 2.75) is 19.8 Å². The van der Waals surface area contributed by atoms with Crippen LogP contribution >= 0.6 is 0 Å². The van der Waals surface area contributed by atoms with Gasteiger partial charge in [-0.3, -0.25) is 9.59 Å². The normalized spacial score (nSPS) is 10.6. The molecule has 2 heterocycles. The van der Waals surface area contributed by atoms with Crippen LogP contribution in [0.1, 0.15) is 19.8 Å². The number of hydrogen-bond acceptors (Lipinski definition) is 4. The molecule has 0 saturated heterocycles. The molecule has 0 spiro atoms. The van der Waals surface area contributed by atoms with E-state index in [4.69, 9.17) is 4.74 Å². The molecule has 6 heteroatoms. The van der Waals surface area contributed by atoms with E-state index < -0.39 is 0 Å². The highest BCUT2D eigenvalue weighted by Crippen LogP contribution is 2.22. The zero-order chi connectivity index (χ0) is 17.6. The Kier molecular flexibility index (Phi) is 5.09. The Bertz CT molecular complexity index is 869. The van der Waals surface area contributed by atoms with E-state index in [1.807, 2.05) is 59.3 Å². The lowest BCUT2D eigenvalue weighted by atomic mass is 10.1. The number of hydrogen-bond donors (Lipinski definition) is 1. The van der Waals surface area contributed by atoms with Gasteiger partial charge in [0, 0.05) is 30.1 Å². The molecule has 0 bridgehead atoms. The van der Waals surface area contributed by atoms with Gasteiger partial charge in [0.25, 0.3) is 0 Å². The molecule has 1 N–H and O–H groups in total. The highest BCUT2D eigenvalue weighted by molar-refractivity contribution is 5.93. The molecule has 25 heavy (non-hydrogen) atoms. The molecule has 0 radical (unpaired) electrons. The van der Waals surface area contributed by atoms with Crippen LogP contribution in [-0.2, 0) is 14.3 Å². The summed E-state index contributed by atoms with van der Waals surface area (Å²) in [7, 11) is 0. The summed E-state index contributed by atoms with van der Waals surface area (Å²) in [6, 6.07) is 13.3. The first-order valence-corrected chi connectivity index (χ1v) is 8.15. The second-order valence-electron chi connectivity index (χ2n) is 5.53. The van der Waals surface area contributed by atoms with Crippen LogP contribution in [0, 0.1) is 0 Å². The van der Waals surface area contributed by atoms with Gasteiger partial charge in [0.15, 0.2) is 0 Å². The molecule has 128 valence electrons. The van der Waals surface area contributed by atoms with Crippen molar-refractivity contribution in [2.24, 2.45) is 0 Å². The van der Waals surface area contributed by atoms with E-state index >= 15 is 0 Å². The summed E-state index contributed by atoms with van der Waals surface area (Å²) in [5.74, 6) is -0.587. The minimum Gasteiger partial charge on any atom is -0.466 e. The number of nitrogens with one attached hydrogen (secondary N) is 1. The molecule has 0 aliphatic rings. The van der Waals surface area contributed by atoms with E-state index in [0.29, 0.717) is 12.3 Å². The number of nitrogens with zero attached hydrogens (tertiary/aromatic N) is 2. The van der Waals surface area contributed by atoms with E-state index in [1.54, 1.807) is 6.92 Å². The standard InChI is InChI=1S/C19H19N3O3/c1-2-25-19(24)10-9-18(23)20-15-7-5-6-14(12-15)16-13-22-11-4-3-8-17(22)21-16/h3-8,11-13H,2,9-10H2,1H3,(H,20,23). The van der Waals surface area contributed by atoms with Crippen molar-refractivity contribution >= 4 is 23.2 Å². The fourth-order valence-corrected chi connectivity index (χ4v) is 2.50. The van der Waals surface area contributed by atoms with Crippen LogP contribution in [0.2, 0.25) is 0 Å². The predicted octanol–water partition coefficient (Wildman–Crippen LogP) is 3.28. The third-order valence-corrected chi connectivity index (χ3v) is 3.67. The Morgan fingerprint density at radius 3 is 2.84 bits per heavy atom. The quantitative estimate of drug-likeness (QED) is 0.701. The van der Waals surface area contributed by atoms with Crippen LogP contribution in [0.15, 0.2) is 54.9 Å². The van der Waals surface area contributed by atoms with Crippen molar-refractivity contribution in [3.05, 3.63) is 54.9 Å². The number of rotatable bonds is 6. The summed E-state index contributed by atoms with van der Waals surface area (Å²) in [5.41, 5.74) is 3.27. The first kappa shape index (κ1) is 16.7. The highest BCUT2D eigenvalue weighted by atomic mass is 16.5. The van der Waals surface area contributed by atoms with Gasteiger partial charge in [0.05, 0.1) is 18.7 Å². The lowest BCUT2D eigenvalue weighted by molar-refractivity contribution is -0.144. The maximum absolute atomic E-state index is 12.0. The van der Waals surface area contributed by atoms with Crippen LogP contribution in [0.3, 0.4) is 0 Å². The zero-order valence-corrected chi connectivity index (χ0v) is 13.9. The molecule has 0 fully saturated rings. The number of carbonyl (C=O) groups excluding carboxylic acids is 2. The van der Waals surface area contributed by atoms with Crippen molar-refractivity contribution < 1.29 is 14.3 Å². The first-order valence-electron chi connectivity index (χ1n) is 8.15. The number of fused-ring (bicyclic) bond motifs is 1. The molecule has 1 aromatic carbocycles. The highest BCUT2D eigenvalue weighted by Gasteiger charge is 2.09. The summed E-state index contributed by atoms with van der Waals surface area (Å²) >= 11 is 0. The van der Waals surface area contributed by atoms with Gasteiger partial charge in [-0.05, 0) is 31.2 Å². The van der Waals surface area contributed by atoms with E-state index in [2.05, 4.69) is 10.3 Å². The van der Waals surface area contributed by atoms with Crippen LogP contribution in [0.5, 0.6) is 0 Å². The minimum absolute atomic E-state index is 0.0752. The molecule has 0 saturated carbocycles. The summed E-state index contributed by atoms with van der Waals surface area (Å²) in [5, 5.41) is 2.80. The topological polar surface area (TPSA) is 72.7 Å². The van der Waals surface area contributed by atoms with Gasteiger partial charge >= 0.3 is 5.97 Å². The van der Waals surface area contributed by atoms with Crippen molar-refractivity contribution in [1.82, 2.24) is 9.38 Å². The number of anilines is 1. The van der Waals surface area contributed by atoms with Crippen LogP contribution in [-0.4, -0.2) is 27.9 Å². The Morgan fingerprint density at radius 1 is 1.16 bits per heavy atom. The molecule has 2 aromatic heterocycles. The molecule has 0 unspecified atom stereocenters. The maximum Gasteiger partial charge on any atom is 0.306 e. The molecule has 3 aromatic rings. The second-order valence-corrected chi connectivity index (χ2v) is 5.53. The molecule has 6 nitrogen and oxygen atoms in total. The maximum atomic E-state index is 12.0. The van der Waals surface area contributed by atoms with Gasteiger partial charge < -0.3 is 14.5 Å². The number of amides is 1. The smallest absolute Gasteiger partial charge is 0.306 e. The van der Waals surface area contributed by atoms with Crippen molar-refractivity contribution in [1.29, 1.82) is 0 Å². The summed E-state index contributed by atoms with van der Waals surface area (Å²) in [6.45, 7) is 2.06. The number of benzene rings is 1. The Morgan fingerprint density at radius 2 is 2.04 bits per heavy atom. The van der Waals surface area contributed by atoms with Gasteiger partial charge in [-0.15, -0.1) is 0 Å². The van der Waals surface area contributed by atoms with E-state index in [1.165, 1.54) is 0 Å². The van der Waals surface area contributed by atoms with Crippen molar-refractivity contribution in [3.63, 3.8) is 0 Å². The first-order chi connectivity index (χ1) is 12.2. The molecule has 0 aliphatic heterocycles. The Balaban J connectivity index is 1.69. The fourth-order valence-electron chi connectivity index (χ4n) is 2.50. The van der Waals surface area contributed by atoms with Gasteiger partial charge in [0.2, 0.25) is 5.91 Å². The monoisotopic (exact) mass is 337 g/mol. The fraction of sp³-hybridized carbons (Fsp3) is 0.211. The summed E-state index contributed by atoms with van der Waals surface area (Å²) < 4.78 is 6.76. The Hall–Kier alpha value is -3.15. The minimum atomic E-state index is -0.365. The number of carbonyl (C=O) groups is 2. The second kappa shape index (κ2) is 7.61. The third-order valence-electron chi connectivity index (χ3n) is 3.67. The van der Waals surface area contributed by atoms with Gasteiger partial charge in [0.1, 0.15) is 5.65 Å². The average Bonchev–Trinajstić information content (AvgIpc) is 3.05. The lowest BCUT2D eigenvalue weighted by Crippen LogP contribution is -2.14. The van der Waals surface area contributed by atoms with Gasteiger partial charge in [-0.25, -0.2) is 4.98 Å². The molecule has 0 aliphatic carbocycles. The van der Waals surface area contributed by atoms with Gasteiger partial charge in [-0.2, -0.15) is 0 Å². The van der Waals surface area contributed by atoms with Crippen LogP contribution in [0.25, 0.3) is 16.9 Å². The molecule has 1 amide bonds. The SMILES string of the molecule is CCOC(=O)CCC(=O)Nc1cccc(-c2cn3ccccc3n2)c1. The molecular weight excluding hydrogens is 318 g/mol. The largest absolute Gasteiger partial charge is 0.466 e. The zero-order valence-electron chi connectivity index (χ0n) is 13.9. The molecule has 3 rings (SSSR count). The van der Waals surface area contributed by atoms with Gasteiger partial charge in [-0.1, -0.05) is 18.2 Å². The lowest BCUT2D eigenvalue weighted by Gasteiger charge is -2.06. The van der Waals surface area contributed by atoms with Crippen LogP contribution in [0.4, 0.5) is 5.69 Å². The van der Waals surface area contributed by atoms with E-state index in [-0.39, 0.29) is 24.7 Å². The average molecular weight is 337 g/mol. The number of pyridine rings is 1. The van der Waals surface area contributed by atoms with Crippen molar-refractivity contribution in [2.75, 3.05) is 11.9 Å². The van der Waals surface area contributed by atoms with Crippen molar-refractivity contribution in [3.8, 4) is 11.3 Å². The number of ether oxygens (including phenoxy) is 1. The van der Waals surface area contributed by atoms with E-state index in [0.717, 1.165) is 16.9 Å². The molecular formula is C19H19N3O3. The number of esters is 1. The predicted molar refractivity (Wildman–Crippen MR) is 95.1 cm³/mol. The number of aromatic nitrogens is 2. The van der Waals surface area contributed by atoms with E-state index in [9.17, 15) is 9.59 Å². The Labute approximate surface area is 145 Å². The summed E-state index contributed by atoms with van der Waals surface area (Å²) in [4.78, 5) is 27.9. The molecule has 0 atom stereocenters. The number of imidazole rings is 1. The third kappa shape index (κ3) is 4.23. The van der Waals surface area contributed by atoms with Crippen LogP contribution < -0.4 is 5.32 Å².